The number of aliphatic hydroxyl groups is 1. The van der Waals surface area contributed by atoms with Crippen LogP contribution >= 0.6 is 0 Å². The molecule has 2 rings (SSSR count). The van der Waals surface area contributed by atoms with E-state index in [0.29, 0.717) is 22.4 Å². The molecular formula is C26H31F3N2O3. The standard InChI is InChI=1S/C24H25F3N2O3.C2H6/c1-6-12-29(5)23-15(3)20(17-8-10-19(11-9-17)32-24(25,26)27)13-18(22(23)16(4)30)14-28-21(31)7-2;1-2/h7-11,13,16,30H,2,14H2,1,3-5H3,(H,28,31);1-2H3. The van der Waals surface area contributed by atoms with Crippen LogP contribution in [0.3, 0.4) is 0 Å². The van der Waals surface area contributed by atoms with Crippen LogP contribution in [0.25, 0.3) is 11.1 Å². The molecule has 184 valence electrons. The molecule has 34 heavy (non-hydrogen) atoms. The molecule has 0 aliphatic heterocycles. The summed E-state index contributed by atoms with van der Waals surface area (Å²) < 4.78 is 41.4. The van der Waals surface area contributed by atoms with Gasteiger partial charge in [0.05, 0.1) is 11.8 Å². The molecule has 8 heteroatoms. The minimum atomic E-state index is -4.78. The van der Waals surface area contributed by atoms with Gasteiger partial charge in [-0.2, -0.15) is 0 Å². The molecule has 0 aromatic heterocycles. The molecule has 0 fully saturated rings. The third kappa shape index (κ3) is 7.56. The monoisotopic (exact) mass is 476 g/mol. The summed E-state index contributed by atoms with van der Waals surface area (Å²) in [5.74, 6) is 2.11. The number of ether oxygens (including phenoxy) is 1. The highest BCUT2D eigenvalue weighted by molar-refractivity contribution is 5.87. The van der Waals surface area contributed by atoms with Gasteiger partial charge in [0.1, 0.15) is 5.75 Å². The van der Waals surface area contributed by atoms with E-state index < -0.39 is 12.5 Å². The van der Waals surface area contributed by atoms with Crippen LogP contribution in [-0.2, 0) is 11.3 Å². The van der Waals surface area contributed by atoms with Crippen LogP contribution in [0.2, 0.25) is 0 Å². The van der Waals surface area contributed by atoms with E-state index in [2.05, 4.69) is 28.6 Å². The maximum Gasteiger partial charge on any atom is 0.573 e. The van der Waals surface area contributed by atoms with Crippen molar-refractivity contribution in [2.75, 3.05) is 11.9 Å². The van der Waals surface area contributed by atoms with Gasteiger partial charge in [-0.3, -0.25) is 4.79 Å². The Kier molecular flexibility index (Phi) is 10.7. The lowest BCUT2D eigenvalue weighted by molar-refractivity contribution is -0.274. The van der Waals surface area contributed by atoms with E-state index in [1.807, 2.05) is 20.8 Å². The van der Waals surface area contributed by atoms with Crippen molar-refractivity contribution in [3.63, 3.8) is 0 Å². The number of anilines is 1. The van der Waals surface area contributed by atoms with Crippen LogP contribution in [0.4, 0.5) is 18.9 Å². The van der Waals surface area contributed by atoms with E-state index in [-0.39, 0.29) is 18.2 Å². The molecule has 2 N–H and O–H groups in total. The zero-order valence-corrected chi connectivity index (χ0v) is 20.3. The lowest BCUT2D eigenvalue weighted by Crippen LogP contribution is -2.23. The van der Waals surface area contributed by atoms with Crippen molar-refractivity contribution in [1.29, 1.82) is 0 Å². The Morgan fingerprint density at radius 3 is 2.35 bits per heavy atom. The minimum Gasteiger partial charge on any atom is -0.406 e. The SMILES string of the molecule is C=CC(=O)NCc1cc(-c2ccc(OC(F)(F)F)cc2)c(C)c(N(C)C#CC)c1C(C)O.CC. The van der Waals surface area contributed by atoms with E-state index in [0.717, 1.165) is 17.2 Å². The molecule has 0 saturated carbocycles. The maximum absolute atomic E-state index is 12.5. The van der Waals surface area contributed by atoms with E-state index in [4.69, 9.17) is 0 Å². The van der Waals surface area contributed by atoms with Crippen molar-refractivity contribution >= 4 is 11.6 Å². The number of nitrogens with one attached hydrogen (secondary N) is 1. The smallest absolute Gasteiger partial charge is 0.406 e. The van der Waals surface area contributed by atoms with Gasteiger partial charge >= 0.3 is 6.36 Å². The van der Waals surface area contributed by atoms with Gasteiger partial charge in [-0.1, -0.05) is 38.5 Å². The number of benzene rings is 2. The molecule has 2 aromatic rings. The molecule has 0 heterocycles. The van der Waals surface area contributed by atoms with Gasteiger partial charge in [-0.15, -0.1) is 13.2 Å². The third-order valence-corrected chi connectivity index (χ3v) is 4.75. The van der Waals surface area contributed by atoms with Gasteiger partial charge in [0, 0.05) is 25.2 Å². The molecule has 1 unspecified atom stereocenters. The molecule has 0 aliphatic carbocycles. The van der Waals surface area contributed by atoms with Crippen LogP contribution in [0, 0.1) is 18.9 Å². The number of carbonyl (C=O) groups is 1. The third-order valence-electron chi connectivity index (χ3n) is 4.75. The Morgan fingerprint density at radius 1 is 1.29 bits per heavy atom. The second-order valence-electron chi connectivity index (χ2n) is 7.06. The predicted molar refractivity (Wildman–Crippen MR) is 129 cm³/mol. The highest BCUT2D eigenvalue weighted by atomic mass is 19.4. The van der Waals surface area contributed by atoms with Gasteiger partial charge in [0.2, 0.25) is 5.91 Å². The molecule has 2 aromatic carbocycles. The Hall–Kier alpha value is -3.44. The molecule has 0 aliphatic rings. The van der Waals surface area contributed by atoms with Crippen molar-refractivity contribution in [2.24, 2.45) is 0 Å². The first-order chi connectivity index (χ1) is 16.0. The van der Waals surface area contributed by atoms with Crippen LogP contribution in [0.15, 0.2) is 43.0 Å². The molecule has 0 spiro atoms. The van der Waals surface area contributed by atoms with Gasteiger partial charge in [0.25, 0.3) is 0 Å². The molecule has 5 nitrogen and oxygen atoms in total. The topological polar surface area (TPSA) is 61.8 Å². The number of rotatable bonds is 7. The Labute approximate surface area is 199 Å². The van der Waals surface area contributed by atoms with Crippen LogP contribution in [-0.4, -0.2) is 24.4 Å². The summed E-state index contributed by atoms with van der Waals surface area (Å²) in [4.78, 5) is 13.4. The first-order valence-corrected chi connectivity index (χ1v) is 10.8. The summed E-state index contributed by atoms with van der Waals surface area (Å²) in [6, 6.07) is 10.3. The number of amides is 1. The predicted octanol–water partition coefficient (Wildman–Crippen LogP) is 5.86. The van der Waals surface area contributed by atoms with Crippen LogP contribution < -0.4 is 15.0 Å². The second kappa shape index (κ2) is 12.7. The summed E-state index contributed by atoms with van der Waals surface area (Å²) in [6.07, 6.45) is -4.50. The number of alkyl halides is 3. The first kappa shape index (κ1) is 28.6. The fraction of sp³-hybridized carbons (Fsp3) is 0.346. The molecule has 0 radical (unpaired) electrons. The van der Waals surface area contributed by atoms with Crippen LogP contribution in [0.1, 0.15) is 50.5 Å². The summed E-state index contributed by atoms with van der Waals surface area (Å²) in [5, 5.41) is 13.2. The Bertz CT molecular complexity index is 1050. The van der Waals surface area contributed by atoms with Crippen molar-refractivity contribution in [2.45, 2.75) is 53.6 Å². The minimum absolute atomic E-state index is 0.119. The van der Waals surface area contributed by atoms with Gasteiger partial charge in [-0.25, -0.2) is 0 Å². The van der Waals surface area contributed by atoms with Gasteiger partial charge in [-0.05, 0) is 67.3 Å². The van der Waals surface area contributed by atoms with E-state index in [9.17, 15) is 23.1 Å². The highest BCUT2D eigenvalue weighted by Gasteiger charge is 2.31. The highest BCUT2D eigenvalue weighted by Crippen LogP contribution is 2.39. The van der Waals surface area contributed by atoms with Crippen molar-refractivity contribution in [3.05, 3.63) is 59.7 Å². The number of halogens is 3. The Balaban J connectivity index is 0.00000281. The van der Waals surface area contributed by atoms with Crippen molar-refractivity contribution in [3.8, 4) is 28.8 Å². The fourth-order valence-electron chi connectivity index (χ4n) is 3.50. The fourth-order valence-corrected chi connectivity index (χ4v) is 3.50. The zero-order valence-electron chi connectivity index (χ0n) is 20.3. The lowest BCUT2D eigenvalue weighted by Gasteiger charge is -2.26. The summed E-state index contributed by atoms with van der Waals surface area (Å²) >= 11 is 0. The molecular weight excluding hydrogens is 445 g/mol. The average molecular weight is 477 g/mol. The summed E-state index contributed by atoms with van der Waals surface area (Å²) in [7, 11) is 1.75. The quantitative estimate of drug-likeness (QED) is 0.299. The second-order valence-corrected chi connectivity index (χ2v) is 7.06. The number of hydrogen-bond acceptors (Lipinski definition) is 4. The number of hydrogen-bond donors (Lipinski definition) is 2. The zero-order chi connectivity index (χ0) is 26.1. The summed E-state index contributed by atoms with van der Waals surface area (Å²) in [5.41, 5.74) is 4.03. The first-order valence-electron chi connectivity index (χ1n) is 10.8. The normalized spacial score (nSPS) is 11.2. The average Bonchev–Trinajstić information content (AvgIpc) is 2.78. The molecule has 1 amide bonds. The van der Waals surface area contributed by atoms with Gasteiger partial charge in [0.15, 0.2) is 0 Å². The van der Waals surface area contributed by atoms with Crippen molar-refractivity contribution in [1.82, 2.24) is 5.32 Å². The molecule has 0 saturated heterocycles. The number of carbonyl (C=O) groups excluding carboxylic acids is 1. The van der Waals surface area contributed by atoms with E-state index in [1.54, 1.807) is 31.9 Å². The summed E-state index contributed by atoms with van der Waals surface area (Å²) in [6.45, 7) is 12.7. The van der Waals surface area contributed by atoms with Gasteiger partial charge < -0.3 is 20.1 Å². The number of aliphatic hydroxyl groups excluding tert-OH is 1. The molecule has 1 atom stereocenters. The Morgan fingerprint density at radius 2 is 1.88 bits per heavy atom. The van der Waals surface area contributed by atoms with Crippen molar-refractivity contribution < 1.29 is 27.8 Å². The maximum atomic E-state index is 12.5. The van der Waals surface area contributed by atoms with E-state index >= 15 is 0 Å². The number of nitrogens with zero attached hydrogens (tertiary/aromatic N) is 1. The molecule has 0 bridgehead atoms. The lowest BCUT2D eigenvalue weighted by atomic mass is 9.89. The largest absolute Gasteiger partial charge is 0.573 e. The van der Waals surface area contributed by atoms with Crippen LogP contribution in [0.5, 0.6) is 5.75 Å². The van der Waals surface area contributed by atoms with E-state index in [1.165, 1.54) is 24.3 Å².